The maximum absolute atomic E-state index is 12.6. The van der Waals surface area contributed by atoms with Crippen molar-refractivity contribution in [3.05, 3.63) is 0 Å². The third-order valence-electron chi connectivity index (χ3n) is 4.60. The van der Waals surface area contributed by atoms with Crippen molar-refractivity contribution in [1.29, 1.82) is 0 Å². The lowest BCUT2D eigenvalue weighted by atomic mass is 9.99. The molecule has 1 heterocycles. The largest absolute Gasteiger partial charge is 0.480 e. The van der Waals surface area contributed by atoms with E-state index < -0.39 is 35.3 Å². The number of aliphatic carboxylic acids is 1. The summed E-state index contributed by atoms with van der Waals surface area (Å²) in [5, 5.41) is 8.55. The molecule has 1 amide bonds. The maximum Gasteiger partial charge on any atom is 0.326 e. The number of thiol groups is 1. The molecule has 25 heavy (non-hydrogen) atoms. The van der Waals surface area contributed by atoms with E-state index >= 15 is 0 Å². The lowest BCUT2D eigenvalue weighted by Gasteiger charge is -2.29. The van der Waals surface area contributed by atoms with Gasteiger partial charge in [-0.25, -0.2) is 4.79 Å². The number of rotatable bonds is 10. The van der Waals surface area contributed by atoms with Crippen molar-refractivity contribution in [3.8, 4) is 0 Å². The van der Waals surface area contributed by atoms with E-state index in [0.717, 1.165) is 0 Å². The van der Waals surface area contributed by atoms with E-state index in [4.69, 9.17) is 15.2 Å². The van der Waals surface area contributed by atoms with Crippen LogP contribution in [-0.4, -0.2) is 78.0 Å². The Labute approximate surface area is 153 Å². The number of ether oxygens (including phenoxy) is 2. The van der Waals surface area contributed by atoms with Crippen LogP contribution in [0.4, 0.5) is 0 Å². The highest BCUT2D eigenvalue weighted by Crippen LogP contribution is 2.21. The van der Waals surface area contributed by atoms with E-state index in [0.29, 0.717) is 25.8 Å². The summed E-state index contributed by atoms with van der Waals surface area (Å²) in [4.78, 5) is 37.4. The molecule has 1 aliphatic rings. The van der Waals surface area contributed by atoms with Gasteiger partial charge in [0.1, 0.15) is 12.1 Å². The number of Topliss-reactive ketones (excluding diaryl/α,β-unsaturated/α-hetero) is 1. The number of methoxy groups -OCH3 is 2. The number of amides is 1. The van der Waals surface area contributed by atoms with Crippen molar-refractivity contribution < 1.29 is 29.0 Å². The van der Waals surface area contributed by atoms with E-state index in [1.807, 2.05) is 6.92 Å². The van der Waals surface area contributed by atoms with Crippen molar-refractivity contribution in [1.82, 2.24) is 4.90 Å². The van der Waals surface area contributed by atoms with E-state index in [9.17, 15) is 19.5 Å². The monoisotopic (exact) mass is 376 g/mol. The molecule has 0 saturated carbocycles. The van der Waals surface area contributed by atoms with Gasteiger partial charge in [0.05, 0.1) is 17.5 Å². The molecule has 8 nitrogen and oxygen atoms in total. The van der Waals surface area contributed by atoms with Gasteiger partial charge in [-0.3, -0.25) is 9.59 Å². The Bertz CT molecular complexity index is 485. The Morgan fingerprint density at radius 1 is 1.28 bits per heavy atom. The average molecular weight is 376 g/mol. The molecule has 0 radical (unpaired) electrons. The molecule has 144 valence electrons. The fraction of sp³-hybridized carbons (Fsp3) is 0.812. The summed E-state index contributed by atoms with van der Waals surface area (Å²) in [6.45, 7) is 2.22. The van der Waals surface area contributed by atoms with Crippen LogP contribution >= 0.6 is 12.6 Å². The molecule has 0 aromatic heterocycles. The van der Waals surface area contributed by atoms with Gasteiger partial charge in [0, 0.05) is 27.2 Å². The lowest BCUT2D eigenvalue weighted by Crippen LogP contribution is -2.54. The van der Waals surface area contributed by atoms with Gasteiger partial charge in [-0.2, -0.15) is 12.6 Å². The molecule has 1 saturated heterocycles. The van der Waals surface area contributed by atoms with Gasteiger partial charge in [-0.15, -0.1) is 0 Å². The van der Waals surface area contributed by atoms with Crippen molar-refractivity contribution in [2.75, 3.05) is 20.8 Å². The predicted molar refractivity (Wildman–Crippen MR) is 94.6 cm³/mol. The molecule has 9 heteroatoms. The molecule has 1 fully saturated rings. The number of nitrogens with zero attached hydrogens (tertiary/aromatic N) is 1. The summed E-state index contributed by atoms with van der Waals surface area (Å²) in [5.41, 5.74) is 5.99. The number of hydrogen-bond acceptors (Lipinski definition) is 7. The van der Waals surface area contributed by atoms with Crippen molar-refractivity contribution in [2.24, 2.45) is 5.73 Å². The number of nitrogens with two attached hydrogens (primary N) is 1. The molecule has 0 aromatic carbocycles. The fourth-order valence-corrected chi connectivity index (χ4v) is 3.48. The van der Waals surface area contributed by atoms with E-state index in [-0.39, 0.29) is 18.3 Å². The quantitative estimate of drug-likeness (QED) is 0.462. The first-order chi connectivity index (χ1) is 11.8. The molecular formula is C16H28N2O6S. The molecular weight excluding hydrogens is 348 g/mol. The first kappa shape index (κ1) is 21.9. The Morgan fingerprint density at radius 2 is 1.88 bits per heavy atom. The van der Waals surface area contributed by atoms with Crippen molar-refractivity contribution in [3.63, 3.8) is 0 Å². The topological polar surface area (TPSA) is 119 Å². The van der Waals surface area contributed by atoms with Gasteiger partial charge in [-0.05, 0) is 19.3 Å². The normalized spacial score (nSPS) is 22.3. The van der Waals surface area contributed by atoms with Crippen LogP contribution in [0, 0.1) is 0 Å². The number of likely N-dealkylation sites (tertiary alicyclic amines) is 1. The number of carbonyl (C=O) groups excluding carboxylic acids is 2. The third kappa shape index (κ3) is 5.40. The van der Waals surface area contributed by atoms with Gasteiger partial charge in [0.2, 0.25) is 5.91 Å². The molecule has 1 aliphatic heterocycles. The van der Waals surface area contributed by atoms with Crippen LogP contribution in [0.25, 0.3) is 0 Å². The minimum atomic E-state index is -1.11. The second kappa shape index (κ2) is 10.1. The summed E-state index contributed by atoms with van der Waals surface area (Å²) in [7, 11) is 2.87. The van der Waals surface area contributed by atoms with Crippen LogP contribution in [-0.2, 0) is 23.9 Å². The number of hydrogen-bond donors (Lipinski definition) is 3. The Kier molecular flexibility index (Phi) is 8.84. The smallest absolute Gasteiger partial charge is 0.326 e. The van der Waals surface area contributed by atoms with Crippen LogP contribution in [0.3, 0.4) is 0 Å². The van der Waals surface area contributed by atoms with E-state index in [1.165, 1.54) is 19.1 Å². The predicted octanol–water partition coefficient (Wildman–Crippen LogP) is 0.0869. The molecule has 0 bridgehead atoms. The van der Waals surface area contributed by atoms with Crippen molar-refractivity contribution >= 4 is 30.3 Å². The highest BCUT2D eigenvalue weighted by molar-refractivity contribution is 7.81. The molecule has 4 unspecified atom stereocenters. The average Bonchev–Trinajstić information content (AvgIpc) is 3.09. The van der Waals surface area contributed by atoms with Crippen LogP contribution < -0.4 is 5.73 Å². The number of carboxylic acids is 1. The summed E-state index contributed by atoms with van der Waals surface area (Å²) >= 11 is 4.30. The summed E-state index contributed by atoms with van der Waals surface area (Å²) in [5.74, 6) is -1.80. The summed E-state index contributed by atoms with van der Waals surface area (Å²) in [6.07, 6.45) is 0.344. The van der Waals surface area contributed by atoms with Gasteiger partial charge in [0.25, 0.3) is 0 Å². The zero-order valence-electron chi connectivity index (χ0n) is 14.9. The van der Waals surface area contributed by atoms with Gasteiger partial charge >= 0.3 is 5.97 Å². The third-order valence-corrected chi connectivity index (χ3v) is 5.22. The first-order valence-corrected chi connectivity index (χ1v) is 8.85. The summed E-state index contributed by atoms with van der Waals surface area (Å²) in [6, 6.07) is -1.99. The van der Waals surface area contributed by atoms with Crippen LogP contribution in [0.1, 0.15) is 32.6 Å². The molecule has 5 atom stereocenters. The highest BCUT2D eigenvalue weighted by Gasteiger charge is 2.39. The van der Waals surface area contributed by atoms with Gasteiger partial charge in [0.15, 0.2) is 5.78 Å². The van der Waals surface area contributed by atoms with E-state index in [1.54, 1.807) is 0 Å². The minimum Gasteiger partial charge on any atom is -0.480 e. The zero-order chi connectivity index (χ0) is 19.1. The Morgan fingerprint density at radius 3 is 2.36 bits per heavy atom. The Balaban J connectivity index is 2.76. The number of carboxylic acid groups (broad SMARTS) is 1. The molecule has 0 spiro atoms. The zero-order valence-corrected chi connectivity index (χ0v) is 15.8. The fourth-order valence-electron chi connectivity index (χ4n) is 3.04. The SMILES string of the molecule is CCC(OC)C(S)C(=O)CC(OC)C(N)C(=O)N1CCC[C@H]1C(=O)O. The standard InChI is InChI=1S/C16H28N2O6S/c1-4-11(23-2)14(25)10(19)8-12(24-3)13(17)15(20)18-7-5-6-9(18)16(21)22/h9,11-14,25H,4-8,17H2,1-3H3,(H,21,22)/t9-,11?,12?,13?,14?/m0/s1. The van der Waals surface area contributed by atoms with Gasteiger partial charge < -0.3 is 25.2 Å². The van der Waals surface area contributed by atoms with Crippen molar-refractivity contribution in [2.45, 2.75) is 62.1 Å². The molecule has 0 aliphatic carbocycles. The summed E-state index contributed by atoms with van der Waals surface area (Å²) < 4.78 is 10.5. The minimum absolute atomic E-state index is 0.0942. The second-order valence-electron chi connectivity index (χ2n) is 6.13. The molecule has 1 rings (SSSR count). The van der Waals surface area contributed by atoms with Crippen LogP contribution in [0.5, 0.6) is 0 Å². The number of ketones is 1. The Hall–Kier alpha value is -1.16. The highest BCUT2D eigenvalue weighted by atomic mass is 32.1. The first-order valence-electron chi connectivity index (χ1n) is 8.33. The number of carbonyl (C=O) groups is 3. The second-order valence-corrected chi connectivity index (χ2v) is 6.68. The van der Waals surface area contributed by atoms with Crippen LogP contribution in [0.15, 0.2) is 0 Å². The molecule has 3 N–H and O–H groups in total. The van der Waals surface area contributed by atoms with E-state index in [2.05, 4.69) is 12.6 Å². The maximum atomic E-state index is 12.6. The lowest BCUT2D eigenvalue weighted by molar-refractivity contribution is -0.150. The molecule has 0 aromatic rings. The van der Waals surface area contributed by atoms with Crippen LogP contribution in [0.2, 0.25) is 0 Å². The van der Waals surface area contributed by atoms with Gasteiger partial charge in [-0.1, -0.05) is 6.92 Å².